The Labute approximate surface area is 128 Å². The summed E-state index contributed by atoms with van der Waals surface area (Å²) in [7, 11) is -3.85. The Hall–Kier alpha value is -2.07. The van der Waals surface area contributed by atoms with Crippen LogP contribution < -0.4 is 10.5 Å². The Morgan fingerprint density at radius 1 is 1.24 bits per heavy atom. The highest BCUT2D eigenvalue weighted by molar-refractivity contribution is 7.92. The third kappa shape index (κ3) is 3.34. The molecule has 0 aromatic heterocycles. The van der Waals surface area contributed by atoms with Gasteiger partial charge in [0.25, 0.3) is 10.0 Å². The lowest BCUT2D eigenvalue weighted by atomic mass is 10.2. The van der Waals surface area contributed by atoms with Crippen molar-refractivity contribution in [2.75, 3.05) is 4.72 Å². The standard InChI is InChI=1S/C14H12ClN3O2S/c15-12-7-10(8-16)5-6-14(12)21(19,20)18-13-4-2-1-3-11(13)9-17/h1-7,18H,9,17H2. The molecule has 0 atom stereocenters. The number of benzene rings is 2. The van der Waals surface area contributed by atoms with Crippen LogP contribution in [0, 0.1) is 11.3 Å². The second kappa shape index (κ2) is 6.14. The van der Waals surface area contributed by atoms with Crippen LogP contribution in [-0.4, -0.2) is 8.42 Å². The Morgan fingerprint density at radius 2 is 1.95 bits per heavy atom. The van der Waals surface area contributed by atoms with Crippen molar-refractivity contribution in [1.82, 2.24) is 0 Å². The minimum Gasteiger partial charge on any atom is -0.326 e. The zero-order valence-corrected chi connectivity index (χ0v) is 12.4. The van der Waals surface area contributed by atoms with Gasteiger partial charge in [-0.3, -0.25) is 4.72 Å². The van der Waals surface area contributed by atoms with Crippen LogP contribution in [0.25, 0.3) is 0 Å². The van der Waals surface area contributed by atoms with E-state index >= 15 is 0 Å². The largest absolute Gasteiger partial charge is 0.326 e. The molecule has 21 heavy (non-hydrogen) atoms. The van der Waals surface area contributed by atoms with Crippen molar-refractivity contribution in [3.63, 3.8) is 0 Å². The summed E-state index contributed by atoms with van der Waals surface area (Å²) >= 11 is 5.94. The smallest absolute Gasteiger partial charge is 0.263 e. The fraction of sp³-hybridized carbons (Fsp3) is 0.0714. The van der Waals surface area contributed by atoms with E-state index in [1.54, 1.807) is 24.3 Å². The van der Waals surface area contributed by atoms with E-state index in [0.717, 1.165) is 0 Å². The van der Waals surface area contributed by atoms with Gasteiger partial charge in [0.05, 0.1) is 22.3 Å². The van der Waals surface area contributed by atoms with Gasteiger partial charge in [0.2, 0.25) is 0 Å². The number of nitrogens with one attached hydrogen (secondary N) is 1. The van der Waals surface area contributed by atoms with Crippen LogP contribution >= 0.6 is 11.6 Å². The number of hydrogen-bond acceptors (Lipinski definition) is 4. The van der Waals surface area contributed by atoms with Gasteiger partial charge < -0.3 is 5.73 Å². The lowest BCUT2D eigenvalue weighted by Gasteiger charge is -2.12. The number of nitrogens with two attached hydrogens (primary N) is 1. The lowest BCUT2D eigenvalue weighted by molar-refractivity contribution is 0.601. The molecule has 0 aliphatic carbocycles. The topological polar surface area (TPSA) is 96.0 Å². The maximum absolute atomic E-state index is 12.4. The minimum atomic E-state index is -3.85. The van der Waals surface area contributed by atoms with E-state index < -0.39 is 10.0 Å². The van der Waals surface area contributed by atoms with Gasteiger partial charge in [-0.2, -0.15) is 5.26 Å². The summed E-state index contributed by atoms with van der Waals surface area (Å²) in [4.78, 5) is -0.0880. The van der Waals surface area contributed by atoms with Crippen molar-refractivity contribution < 1.29 is 8.42 Å². The first-order valence-electron chi connectivity index (χ1n) is 5.98. The average molecular weight is 322 g/mol. The molecule has 0 fully saturated rings. The summed E-state index contributed by atoms with van der Waals surface area (Å²) in [5.74, 6) is 0. The average Bonchev–Trinajstić information content (AvgIpc) is 2.47. The molecule has 2 rings (SSSR count). The van der Waals surface area contributed by atoms with Crippen LogP contribution in [0.15, 0.2) is 47.4 Å². The first kappa shape index (κ1) is 15.3. The SMILES string of the molecule is N#Cc1ccc(S(=O)(=O)Nc2ccccc2CN)c(Cl)c1. The predicted octanol–water partition coefficient (Wildman–Crippen LogP) is 2.47. The summed E-state index contributed by atoms with van der Waals surface area (Å²) in [5, 5.41) is 8.76. The zero-order chi connectivity index (χ0) is 15.5. The molecule has 0 spiro atoms. The summed E-state index contributed by atoms with van der Waals surface area (Å²) in [6.07, 6.45) is 0. The van der Waals surface area contributed by atoms with Crippen molar-refractivity contribution in [2.45, 2.75) is 11.4 Å². The maximum Gasteiger partial charge on any atom is 0.263 e. The van der Waals surface area contributed by atoms with E-state index in [2.05, 4.69) is 4.72 Å². The van der Waals surface area contributed by atoms with Crippen LogP contribution in [-0.2, 0) is 16.6 Å². The Kier molecular flexibility index (Phi) is 4.48. The molecule has 0 saturated carbocycles. The molecule has 0 saturated heterocycles. The number of hydrogen-bond donors (Lipinski definition) is 2. The number of halogens is 1. The number of nitrogens with zero attached hydrogens (tertiary/aromatic N) is 1. The highest BCUT2D eigenvalue weighted by atomic mass is 35.5. The molecule has 2 aromatic rings. The second-order valence-corrected chi connectivity index (χ2v) is 6.28. The van der Waals surface area contributed by atoms with Crippen molar-refractivity contribution in [3.05, 3.63) is 58.6 Å². The molecular formula is C14H12ClN3O2S. The summed E-state index contributed by atoms with van der Waals surface area (Å²) in [6.45, 7) is 0.208. The molecule has 0 bridgehead atoms. The summed E-state index contributed by atoms with van der Waals surface area (Å²) in [6, 6.07) is 12.7. The van der Waals surface area contributed by atoms with Gasteiger partial charge in [0, 0.05) is 6.54 Å². The van der Waals surface area contributed by atoms with Gasteiger partial charge in [0.15, 0.2) is 0 Å². The second-order valence-electron chi connectivity index (χ2n) is 4.22. The lowest BCUT2D eigenvalue weighted by Crippen LogP contribution is -2.15. The van der Waals surface area contributed by atoms with Crippen LogP contribution in [0.3, 0.4) is 0 Å². The van der Waals surface area contributed by atoms with Gasteiger partial charge in [-0.15, -0.1) is 0 Å². The Balaban J connectivity index is 2.42. The molecule has 0 heterocycles. The third-order valence-electron chi connectivity index (χ3n) is 2.83. The molecule has 2 aromatic carbocycles. The van der Waals surface area contributed by atoms with Crippen molar-refractivity contribution >= 4 is 27.3 Å². The van der Waals surface area contributed by atoms with Gasteiger partial charge in [-0.05, 0) is 29.8 Å². The fourth-order valence-corrected chi connectivity index (χ4v) is 3.43. The monoisotopic (exact) mass is 321 g/mol. The van der Waals surface area contributed by atoms with Crippen LogP contribution in [0.5, 0.6) is 0 Å². The summed E-state index contributed by atoms with van der Waals surface area (Å²) < 4.78 is 27.2. The molecule has 0 radical (unpaired) electrons. The normalized spacial score (nSPS) is 10.9. The van der Waals surface area contributed by atoms with E-state index in [4.69, 9.17) is 22.6 Å². The van der Waals surface area contributed by atoms with Crippen molar-refractivity contribution in [1.29, 1.82) is 5.26 Å². The first-order chi connectivity index (χ1) is 9.97. The number of sulfonamides is 1. The fourth-order valence-electron chi connectivity index (χ4n) is 1.79. The maximum atomic E-state index is 12.4. The Morgan fingerprint density at radius 3 is 2.57 bits per heavy atom. The third-order valence-corrected chi connectivity index (χ3v) is 4.68. The highest BCUT2D eigenvalue weighted by Crippen LogP contribution is 2.26. The molecule has 7 heteroatoms. The van der Waals surface area contributed by atoms with Gasteiger partial charge in [-0.25, -0.2) is 8.42 Å². The number of anilines is 1. The number of nitriles is 1. The van der Waals surface area contributed by atoms with Crippen molar-refractivity contribution in [2.24, 2.45) is 5.73 Å². The number of para-hydroxylation sites is 1. The minimum absolute atomic E-state index is 0.00761. The molecule has 108 valence electrons. The number of rotatable bonds is 4. The first-order valence-corrected chi connectivity index (χ1v) is 7.84. The molecule has 5 nitrogen and oxygen atoms in total. The summed E-state index contributed by atoms with van der Waals surface area (Å²) in [5.41, 5.74) is 6.95. The van der Waals surface area contributed by atoms with Crippen LogP contribution in [0.1, 0.15) is 11.1 Å². The van der Waals surface area contributed by atoms with E-state index in [-0.39, 0.29) is 16.5 Å². The molecule has 3 N–H and O–H groups in total. The van der Waals surface area contributed by atoms with E-state index in [1.165, 1.54) is 18.2 Å². The van der Waals surface area contributed by atoms with E-state index in [1.807, 2.05) is 6.07 Å². The van der Waals surface area contributed by atoms with Gasteiger partial charge in [-0.1, -0.05) is 29.8 Å². The van der Waals surface area contributed by atoms with Gasteiger partial charge in [0.1, 0.15) is 4.90 Å². The van der Waals surface area contributed by atoms with E-state index in [0.29, 0.717) is 16.8 Å². The molecular weight excluding hydrogens is 310 g/mol. The zero-order valence-electron chi connectivity index (χ0n) is 10.9. The van der Waals surface area contributed by atoms with Gasteiger partial charge >= 0.3 is 0 Å². The molecule has 0 unspecified atom stereocenters. The molecule has 0 aliphatic heterocycles. The van der Waals surface area contributed by atoms with Crippen LogP contribution in [0.4, 0.5) is 5.69 Å². The van der Waals surface area contributed by atoms with Crippen LogP contribution in [0.2, 0.25) is 5.02 Å². The predicted molar refractivity (Wildman–Crippen MR) is 81.3 cm³/mol. The van der Waals surface area contributed by atoms with E-state index in [9.17, 15) is 8.42 Å². The quantitative estimate of drug-likeness (QED) is 0.904. The molecule has 0 amide bonds. The Bertz CT molecular complexity index is 813. The molecule has 0 aliphatic rings. The van der Waals surface area contributed by atoms with Crippen molar-refractivity contribution in [3.8, 4) is 6.07 Å². The highest BCUT2D eigenvalue weighted by Gasteiger charge is 2.19.